The number of anilines is 3. The second-order valence-electron chi connectivity index (χ2n) is 8.41. The van der Waals surface area contributed by atoms with Crippen LogP contribution in [0.1, 0.15) is 45.5 Å². The average molecular weight is 437 g/mol. The summed E-state index contributed by atoms with van der Waals surface area (Å²) in [7, 11) is 0. The number of para-hydroxylation sites is 1. The van der Waals surface area contributed by atoms with Gasteiger partial charge in [-0.15, -0.1) is 0 Å². The molecule has 2 aliphatic heterocycles. The molecule has 5 rings (SSSR count). The molecule has 6 nitrogen and oxygen atoms in total. The standard InChI is InChI=1S/C27H24N4O2/c1-28-21-10-12-23-19(16-21)18-31(27(23)33)22-11-13-25(30-14-6-3-7-15-30)24(17-22)26(32)29-20-8-4-2-5-9-20/h2,4-5,8-13,16-17H,3,6-7,14-15,18H2,(H,29,32). The molecule has 33 heavy (non-hydrogen) atoms. The molecule has 1 saturated heterocycles. The number of amides is 2. The first-order valence-electron chi connectivity index (χ1n) is 11.2. The summed E-state index contributed by atoms with van der Waals surface area (Å²) in [6, 6.07) is 20.3. The highest BCUT2D eigenvalue weighted by atomic mass is 16.2. The van der Waals surface area contributed by atoms with Gasteiger partial charge in [0.1, 0.15) is 0 Å². The van der Waals surface area contributed by atoms with Gasteiger partial charge in [-0.2, -0.15) is 0 Å². The van der Waals surface area contributed by atoms with Gasteiger partial charge in [0.15, 0.2) is 5.69 Å². The first-order valence-corrected chi connectivity index (χ1v) is 11.2. The van der Waals surface area contributed by atoms with E-state index in [9.17, 15) is 9.59 Å². The zero-order valence-electron chi connectivity index (χ0n) is 18.3. The van der Waals surface area contributed by atoms with E-state index < -0.39 is 0 Å². The number of hydrogen-bond donors (Lipinski definition) is 1. The van der Waals surface area contributed by atoms with Crippen LogP contribution < -0.4 is 15.1 Å². The molecule has 2 heterocycles. The molecular weight excluding hydrogens is 412 g/mol. The van der Waals surface area contributed by atoms with Crippen LogP contribution in [0.25, 0.3) is 4.85 Å². The summed E-state index contributed by atoms with van der Waals surface area (Å²) in [6.07, 6.45) is 3.41. The fraction of sp³-hybridized carbons (Fsp3) is 0.222. The number of nitrogens with one attached hydrogen (secondary N) is 1. The zero-order valence-corrected chi connectivity index (χ0v) is 18.3. The van der Waals surface area contributed by atoms with Gasteiger partial charge in [-0.25, -0.2) is 4.85 Å². The van der Waals surface area contributed by atoms with Crippen molar-refractivity contribution >= 4 is 34.6 Å². The normalized spacial score (nSPS) is 15.2. The minimum Gasteiger partial charge on any atom is -0.371 e. The molecule has 0 unspecified atom stereocenters. The summed E-state index contributed by atoms with van der Waals surface area (Å²) >= 11 is 0. The molecule has 164 valence electrons. The first-order chi connectivity index (χ1) is 16.1. The highest BCUT2D eigenvalue weighted by Crippen LogP contribution is 2.34. The van der Waals surface area contributed by atoms with Crippen LogP contribution in [0.5, 0.6) is 0 Å². The van der Waals surface area contributed by atoms with Crippen LogP contribution in [0.2, 0.25) is 0 Å². The minimum atomic E-state index is -0.192. The Balaban J connectivity index is 1.50. The number of fused-ring (bicyclic) bond motifs is 1. The summed E-state index contributed by atoms with van der Waals surface area (Å²) in [5.74, 6) is -0.301. The van der Waals surface area contributed by atoms with Gasteiger partial charge in [0, 0.05) is 35.7 Å². The van der Waals surface area contributed by atoms with Gasteiger partial charge in [0.05, 0.1) is 18.7 Å². The maximum Gasteiger partial charge on any atom is 0.258 e. The molecule has 0 aromatic heterocycles. The lowest BCUT2D eigenvalue weighted by Gasteiger charge is -2.31. The SMILES string of the molecule is [C-]#[N+]c1ccc2c(c1)CN(c1ccc(N3CCCCC3)c(C(=O)Nc3ccccc3)c1)C2=O. The van der Waals surface area contributed by atoms with Crippen molar-refractivity contribution in [2.45, 2.75) is 25.8 Å². The van der Waals surface area contributed by atoms with Crippen molar-refractivity contribution in [2.24, 2.45) is 0 Å². The van der Waals surface area contributed by atoms with Gasteiger partial charge >= 0.3 is 0 Å². The fourth-order valence-corrected chi connectivity index (χ4v) is 4.59. The molecule has 0 bridgehead atoms. The van der Waals surface area contributed by atoms with Gasteiger partial charge < -0.3 is 15.1 Å². The van der Waals surface area contributed by atoms with E-state index in [1.165, 1.54) is 6.42 Å². The van der Waals surface area contributed by atoms with E-state index in [1.807, 2.05) is 48.5 Å². The number of carbonyl (C=O) groups is 2. The predicted molar refractivity (Wildman–Crippen MR) is 130 cm³/mol. The smallest absolute Gasteiger partial charge is 0.258 e. The van der Waals surface area contributed by atoms with Crippen LogP contribution in [0, 0.1) is 6.57 Å². The van der Waals surface area contributed by atoms with Gasteiger partial charge in [-0.3, -0.25) is 9.59 Å². The van der Waals surface area contributed by atoms with Gasteiger partial charge in [0.2, 0.25) is 0 Å². The van der Waals surface area contributed by atoms with E-state index in [0.29, 0.717) is 29.0 Å². The molecule has 0 radical (unpaired) electrons. The third-order valence-electron chi connectivity index (χ3n) is 6.29. The number of hydrogen-bond acceptors (Lipinski definition) is 3. The maximum atomic E-state index is 13.4. The number of nitrogens with zero attached hydrogens (tertiary/aromatic N) is 3. The molecule has 0 saturated carbocycles. The van der Waals surface area contributed by atoms with Crippen LogP contribution in [-0.2, 0) is 6.54 Å². The van der Waals surface area contributed by atoms with E-state index in [4.69, 9.17) is 6.57 Å². The van der Waals surface area contributed by atoms with Crippen LogP contribution in [0.4, 0.5) is 22.7 Å². The molecule has 3 aromatic carbocycles. The molecule has 3 aromatic rings. The Kier molecular flexibility index (Phi) is 5.54. The Labute approximate surface area is 193 Å². The number of rotatable bonds is 4. The number of carbonyl (C=O) groups excluding carboxylic acids is 2. The quantitative estimate of drug-likeness (QED) is 0.539. The van der Waals surface area contributed by atoms with Crippen molar-refractivity contribution in [3.05, 3.63) is 94.8 Å². The van der Waals surface area contributed by atoms with Crippen molar-refractivity contribution < 1.29 is 9.59 Å². The monoisotopic (exact) mass is 436 g/mol. The zero-order chi connectivity index (χ0) is 22.8. The number of piperidine rings is 1. The highest BCUT2D eigenvalue weighted by Gasteiger charge is 2.30. The largest absolute Gasteiger partial charge is 0.371 e. The van der Waals surface area contributed by atoms with Crippen molar-refractivity contribution in [1.82, 2.24) is 0 Å². The second-order valence-corrected chi connectivity index (χ2v) is 8.41. The van der Waals surface area contributed by atoms with Crippen molar-refractivity contribution in [3.8, 4) is 0 Å². The average Bonchev–Trinajstić information content (AvgIpc) is 3.20. The van der Waals surface area contributed by atoms with Crippen LogP contribution in [0.15, 0.2) is 66.7 Å². The predicted octanol–water partition coefficient (Wildman–Crippen LogP) is 5.64. The summed E-state index contributed by atoms with van der Waals surface area (Å²) in [4.78, 5) is 33.9. The van der Waals surface area contributed by atoms with Crippen molar-refractivity contribution in [2.75, 3.05) is 28.2 Å². The second kappa shape index (κ2) is 8.79. The lowest BCUT2D eigenvalue weighted by atomic mass is 10.1. The van der Waals surface area contributed by atoms with E-state index in [-0.39, 0.29) is 11.8 Å². The third kappa shape index (κ3) is 4.06. The van der Waals surface area contributed by atoms with Crippen molar-refractivity contribution in [1.29, 1.82) is 0 Å². The molecule has 2 aliphatic rings. The molecule has 0 aliphatic carbocycles. The Hall–Kier alpha value is -4.11. The molecule has 0 spiro atoms. The molecular formula is C27H24N4O2. The van der Waals surface area contributed by atoms with E-state index in [2.05, 4.69) is 15.1 Å². The highest BCUT2D eigenvalue weighted by molar-refractivity contribution is 6.12. The van der Waals surface area contributed by atoms with E-state index in [1.54, 1.807) is 23.1 Å². The lowest BCUT2D eigenvalue weighted by Crippen LogP contribution is -2.32. The fourth-order valence-electron chi connectivity index (χ4n) is 4.59. The van der Waals surface area contributed by atoms with Crippen LogP contribution in [-0.4, -0.2) is 24.9 Å². The van der Waals surface area contributed by atoms with Gasteiger partial charge in [-0.05, 0) is 55.2 Å². The van der Waals surface area contributed by atoms with E-state index >= 15 is 0 Å². The Morgan fingerprint density at radius 2 is 1.73 bits per heavy atom. The molecule has 1 N–H and O–H groups in total. The lowest BCUT2D eigenvalue weighted by molar-refractivity contribution is 0.0992. The van der Waals surface area contributed by atoms with Crippen LogP contribution in [0.3, 0.4) is 0 Å². The Morgan fingerprint density at radius 1 is 0.939 bits per heavy atom. The van der Waals surface area contributed by atoms with Crippen LogP contribution >= 0.6 is 0 Å². The third-order valence-corrected chi connectivity index (χ3v) is 6.29. The van der Waals surface area contributed by atoms with E-state index in [0.717, 1.165) is 42.9 Å². The topological polar surface area (TPSA) is 57.0 Å². The molecule has 0 atom stereocenters. The molecule has 1 fully saturated rings. The maximum absolute atomic E-state index is 13.4. The number of benzene rings is 3. The Bertz CT molecular complexity index is 1260. The summed E-state index contributed by atoms with van der Waals surface area (Å²) in [5, 5.41) is 3.00. The van der Waals surface area contributed by atoms with Gasteiger partial charge in [0.25, 0.3) is 11.8 Å². The summed E-state index contributed by atoms with van der Waals surface area (Å²) < 4.78 is 0. The van der Waals surface area contributed by atoms with Gasteiger partial charge in [-0.1, -0.05) is 36.4 Å². The Morgan fingerprint density at radius 3 is 2.48 bits per heavy atom. The van der Waals surface area contributed by atoms with Crippen molar-refractivity contribution in [3.63, 3.8) is 0 Å². The summed E-state index contributed by atoms with van der Waals surface area (Å²) in [5.41, 5.74) is 4.83. The molecule has 2 amide bonds. The summed E-state index contributed by atoms with van der Waals surface area (Å²) in [6.45, 7) is 9.46. The first kappa shape index (κ1) is 20.8. The minimum absolute atomic E-state index is 0.110. The molecule has 6 heteroatoms.